The van der Waals surface area contributed by atoms with Gasteiger partial charge in [-0.1, -0.05) is 6.42 Å². The van der Waals surface area contributed by atoms with Crippen LogP contribution in [0.3, 0.4) is 0 Å². The van der Waals surface area contributed by atoms with Crippen molar-refractivity contribution in [3.05, 3.63) is 39.5 Å². The largest absolute Gasteiger partial charge is 0.353 e. The zero-order valence-electron chi connectivity index (χ0n) is 16.1. The molecule has 0 aromatic carbocycles. The van der Waals surface area contributed by atoms with Crippen molar-refractivity contribution in [3.63, 3.8) is 0 Å². The summed E-state index contributed by atoms with van der Waals surface area (Å²) in [6, 6.07) is 4.20. The van der Waals surface area contributed by atoms with Crippen LogP contribution in [0.2, 0.25) is 0 Å². The van der Waals surface area contributed by atoms with E-state index >= 15 is 0 Å². The number of hydrogen-bond donors (Lipinski definition) is 0. The molecule has 0 N–H and O–H groups in total. The minimum absolute atomic E-state index is 0.189. The molecule has 1 fully saturated rings. The molecule has 28 heavy (non-hydrogen) atoms. The number of amides is 1. The van der Waals surface area contributed by atoms with E-state index in [0.29, 0.717) is 5.78 Å². The van der Waals surface area contributed by atoms with Gasteiger partial charge in [0.1, 0.15) is 12.1 Å². The van der Waals surface area contributed by atoms with Crippen LogP contribution in [0.5, 0.6) is 0 Å². The fraction of sp³-hybridized carbons (Fsp3) is 0.500. The van der Waals surface area contributed by atoms with Gasteiger partial charge in [0.15, 0.2) is 0 Å². The summed E-state index contributed by atoms with van der Waals surface area (Å²) in [6.07, 6.45) is 7.60. The molecule has 3 aromatic rings. The van der Waals surface area contributed by atoms with Gasteiger partial charge in [-0.2, -0.15) is 14.6 Å². The van der Waals surface area contributed by atoms with Crippen LogP contribution in [0, 0.1) is 6.92 Å². The van der Waals surface area contributed by atoms with Gasteiger partial charge in [-0.25, -0.2) is 4.98 Å². The molecule has 0 unspecified atom stereocenters. The molecule has 0 spiro atoms. The van der Waals surface area contributed by atoms with Gasteiger partial charge in [0.2, 0.25) is 0 Å². The Bertz CT molecular complexity index is 994. The lowest BCUT2D eigenvalue weighted by Gasteiger charge is -2.35. The van der Waals surface area contributed by atoms with Gasteiger partial charge in [0, 0.05) is 42.8 Å². The van der Waals surface area contributed by atoms with E-state index in [4.69, 9.17) is 0 Å². The number of aryl methyl sites for hydroxylation is 3. The Morgan fingerprint density at radius 1 is 1.07 bits per heavy atom. The molecule has 2 aliphatic rings. The smallest absolute Gasteiger partial charge is 0.264 e. The Hall–Kier alpha value is -2.48. The first-order valence-electron chi connectivity index (χ1n) is 10.0. The number of aromatic nitrogens is 4. The predicted octanol–water partition coefficient (Wildman–Crippen LogP) is 2.73. The zero-order valence-corrected chi connectivity index (χ0v) is 16.9. The number of carbonyl (C=O) groups is 1. The molecule has 1 aliphatic carbocycles. The predicted molar refractivity (Wildman–Crippen MR) is 109 cm³/mol. The van der Waals surface area contributed by atoms with E-state index in [2.05, 4.69) is 26.0 Å². The van der Waals surface area contributed by atoms with Crippen molar-refractivity contribution < 1.29 is 4.79 Å². The summed E-state index contributed by atoms with van der Waals surface area (Å²) in [7, 11) is 0. The lowest BCUT2D eigenvalue weighted by Crippen LogP contribution is -2.49. The topological polar surface area (TPSA) is 66.6 Å². The van der Waals surface area contributed by atoms with Crippen molar-refractivity contribution in [1.29, 1.82) is 0 Å². The maximum absolute atomic E-state index is 13.1. The highest BCUT2D eigenvalue weighted by molar-refractivity contribution is 7.14. The first kappa shape index (κ1) is 17.6. The SMILES string of the molecule is Cc1cc(N2CCN(C(=O)c3cc4c(s3)CCCCC4)CC2)n2ncnc2n1. The van der Waals surface area contributed by atoms with Crippen LogP contribution >= 0.6 is 11.3 Å². The van der Waals surface area contributed by atoms with E-state index < -0.39 is 0 Å². The fourth-order valence-electron chi connectivity index (χ4n) is 4.20. The molecular formula is C20H24N6OS. The highest BCUT2D eigenvalue weighted by atomic mass is 32.1. The Morgan fingerprint density at radius 2 is 1.89 bits per heavy atom. The Balaban J connectivity index is 1.30. The van der Waals surface area contributed by atoms with Crippen LogP contribution in [0.4, 0.5) is 5.82 Å². The standard InChI is InChI=1S/C20H24N6OS/c1-14-11-18(26-20(23-14)21-13-22-26)24-7-9-25(10-8-24)19(27)17-12-15-5-3-2-4-6-16(15)28-17/h11-13H,2-10H2,1H3. The molecule has 1 amide bonds. The number of rotatable bonds is 2. The third kappa shape index (κ3) is 3.15. The number of nitrogens with zero attached hydrogens (tertiary/aromatic N) is 6. The minimum Gasteiger partial charge on any atom is -0.353 e. The molecule has 0 atom stereocenters. The summed E-state index contributed by atoms with van der Waals surface area (Å²) < 4.78 is 1.78. The number of anilines is 1. The summed E-state index contributed by atoms with van der Waals surface area (Å²) in [4.78, 5) is 28.3. The summed E-state index contributed by atoms with van der Waals surface area (Å²) in [5.74, 6) is 1.80. The maximum Gasteiger partial charge on any atom is 0.264 e. The summed E-state index contributed by atoms with van der Waals surface area (Å²) in [6.45, 7) is 4.99. The Kier molecular flexibility index (Phi) is 4.50. The molecule has 0 radical (unpaired) electrons. The average molecular weight is 397 g/mol. The van der Waals surface area contributed by atoms with Gasteiger partial charge in [0.25, 0.3) is 11.7 Å². The van der Waals surface area contributed by atoms with Crippen molar-refractivity contribution in [2.24, 2.45) is 0 Å². The van der Waals surface area contributed by atoms with Gasteiger partial charge in [-0.05, 0) is 44.2 Å². The number of carbonyl (C=O) groups excluding carboxylic acids is 1. The monoisotopic (exact) mass is 396 g/mol. The lowest BCUT2D eigenvalue weighted by molar-refractivity contribution is 0.0751. The van der Waals surface area contributed by atoms with E-state index in [1.807, 2.05) is 17.9 Å². The number of fused-ring (bicyclic) bond motifs is 2. The summed E-state index contributed by atoms with van der Waals surface area (Å²) in [5, 5.41) is 4.30. The highest BCUT2D eigenvalue weighted by Gasteiger charge is 2.26. The number of hydrogen-bond acceptors (Lipinski definition) is 6. The first-order valence-corrected chi connectivity index (χ1v) is 10.8. The van der Waals surface area contributed by atoms with Crippen LogP contribution in [0.1, 0.15) is 45.1 Å². The van der Waals surface area contributed by atoms with Crippen molar-refractivity contribution in [3.8, 4) is 0 Å². The van der Waals surface area contributed by atoms with Gasteiger partial charge in [-0.15, -0.1) is 11.3 Å². The van der Waals surface area contributed by atoms with Gasteiger partial charge in [0.05, 0.1) is 4.88 Å². The van der Waals surface area contributed by atoms with E-state index in [1.54, 1.807) is 15.9 Å². The van der Waals surface area contributed by atoms with Crippen LogP contribution in [0.25, 0.3) is 5.78 Å². The van der Waals surface area contributed by atoms with Gasteiger partial charge < -0.3 is 9.80 Å². The van der Waals surface area contributed by atoms with Crippen molar-refractivity contribution in [1.82, 2.24) is 24.5 Å². The van der Waals surface area contributed by atoms with Gasteiger partial charge in [-0.3, -0.25) is 4.79 Å². The van der Waals surface area contributed by atoms with E-state index in [-0.39, 0.29) is 5.91 Å². The van der Waals surface area contributed by atoms with Crippen molar-refractivity contribution in [2.45, 2.75) is 39.0 Å². The third-order valence-corrected chi connectivity index (χ3v) is 6.93. The second-order valence-corrected chi connectivity index (χ2v) is 8.76. The molecule has 0 bridgehead atoms. The fourth-order valence-corrected chi connectivity index (χ4v) is 5.43. The van der Waals surface area contributed by atoms with Gasteiger partial charge >= 0.3 is 0 Å². The molecule has 8 heteroatoms. The number of piperazine rings is 1. The molecule has 0 saturated carbocycles. The zero-order chi connectivity index (χ0) is 19.1. The molecule has 3 aromatic heterocycles. The molecule has 7 nitrogen and oxygen atoms in total. The summed E-state index contributed by atoms with van der Waals surface area (Å²) in [5.41, 5.74) is 2.33. The van der Waals surface area contributed by atoms with E-state index in [1.165, 1.54) is 36.0 Å². The van der Waals surface area contributed by atoms with Crippen LogP contribution in [-0.2, 0) is 12.8 Å². The van der Waals surface area contributed by atoms with Crippen LogP contribution in [-0.4, -0.2) is 56.6 Å². The molecule has 1 aliphatic heterocycles. The van der Waals surface area contributed by atoms with E-state index in [9.17, 15) is 4.79 Å². The molecule has 146 valence electrons. The molecule has 1 saturated heterocycles. The normalized spacial score (nSPS) is 17.6. The van der Waals surface area contributed by atoms with Crippen LogP contribution < -0.4 is 4.90 Å². The van der Waals surface area contributed by atoms with Crippen LogP contribution in [0.15, 0.2) is 18.5 Å². The third-order valence-electron chi connectivity index (χ3n) is 5.71. The molecular weight excluding hydrogens is 372 g/mol. The quantitative estimate of drug-likeness (QED) is 0.623. The number of thiophene rings is 1. The van der Waals surface area contributed by atoms with Crippen molar-refractivity contribution >= 4 is 28.8 Å². The Morgan fingerprint density at radius 3 is 2.75 bits per heavy atom. The van der Waals surface area contributed by atoms with E-state index in [0.717, 1.165) is 55.4 Å². The average Bonchev–Trinajstić information content (AvgIpc) is 3.28. The minimum atomic E-state index is 0.189. The highest BCUT2D eigenvalue weighted by Crippen LogP contribution is 2.30. The first-order chi connectivity index (χ1) is 13.7. The Labute approximate surface area is 168 Å². The maximum atomic E-state index is 13.1. The second kappa shape index (κ2) is 7.16. The lowest BCUT2D eigenvalue weighted by atomic mass is 10.1. The summed E-state index contributed by atoms with van der Waals surface area (Å²) >= 11 is 1.72. The van der Waals surface area contributed by atoms with Crippen molar-refractivity contribution in [2.75, 3.05) is 31.1 Å². The molecule has 4 heterocycles. The molecule has 5 rings (SSSR count). The second-order valence-electron chi connectivity index (χ2n) is 7.63.